The molecule has 3 heterocycles. The molecule has 0 spiro atoms. The number of aryl methyl sites for hydroxylation is 1. The number of nitrogen functional groups attached to an aromatic ring is 1. The lowest BCUT2D eigenvalue weighted by Gasteiger charge is -2.12. The van der Waals surface area contributed by atoms with E-state index < -0.39 is 5.97 Å². The van der Waals surface area contributed by atoms with Gasteiger partial charge in [-0.15, -0.1) is 0 Å². The van der Waals surface area contributed by atoms with Gasteiger partial charge in [-0.25, -0.2) is 9.78 Å². The summed E-state index contributed by atoms with van der Waals surface area (Å²) in [6.45, 7) is 3.87. The number of aromatic amines is 1. The van der Waals surface area contributed by atoms with Crippen LogP contribution in [-0.4, -0.2) is 17.6 Å². The number of fused-ring (bicyclic) bond motifs is 3. The minimum Gasteiger partial charge on any atom is -0.462 e. The number of halogens is 1. The van der Waals surface area contributed by atoms with Crippen molar-refractivity contribution in [1.82, 2.24) is 4.98 Å². The van der Waals surface area contributed by atoms with E-state index >= 15 is 0 Å². The number of nitrogens with one attached hydrogen (secondary N) is 1. The molecule has 0 bridgehead atoms. The number of esters is 1. The molecule has 6 nitrogen and oxygen atoms in total. The van der Waals surface area contributed by atoms with Crippen molar-refractivity contribution in [2.75, 3.05) is 12.3 Å². The van der Waals surface area contributed by atoms with Crippen LogP contribution in [0.4, 0.5) is 5.82 Å². The second-order valence-electron chi connectivity index (χ2n) is 7.94. The molecule has 0 radical (unpaired) electrons. The van der Waals surface area contributed by atoms with E-state index in [1.54, 1.807) is 19.1 Å². The van der Waals surface area contributed by atoms with Crippen molar-refractivity contribution in [3.8, 4) is 28.5 Å². The normalized spacial score (nSPS) is 11.0. The molecule has 0 atom stereocenters. The van der Waals surface area contributed by atoms with Crippen LogP contribution >= 0.6 is 22.9 Å². The number of carbonyl (C=O) groups is 1. The van der Waals surface area contributed by atoms with E-state index in [1.807, 2.05) is 49.4 Å². The predicted octanol–water partition coefficient (Wildman–Crippen LogP) is 6.19. The van der Waals surface area contributed by atoms with Crippen LogP contribution in [0.3, 0.4) is 0 Å². The number of anilines is 1. The number of nitriles is 1. The summed E-state index contributed by atoms with van der Waals surface area (Å²) < 4.78 is 6.36. The zero-order valence-electron chi connectivity index (χ0n) is 19.0. The molecule has 0 saturated heterocycles. The molecule has 0 aliphatic carbocycles. The van der Waals surface area contributed by atoms with E-state index in [0.29, 0.717) is 32.9 Å². The first kappa shape index (κ1) is 22.8. The predicted molar refractivity (Wildman–Crippen MR) is 139 cm³/mol. The molecule has 0 unspecified atom stereocenters. The largest absolute Gasteiger partial charge is 0.462 e. The maximum atomic E-state index is 13.5. The van der Waals surface area contributed by atoms with Gasteiger partial charge in [-0.1, -0.05) is 53.3 Å². The van der Waals surface area contributed by atoms with Crippen molar-refractivity contribution in [2.24, 2.45) is 0 Å². The van der Waals surface area contributed by atoms with Gasteiger partial charge in [-0.05, 0) is 49.2 Å². The Morgan fingerprint density at radius 3 is 2.54 bits per heavy atom. The summed E-state index contributed by atoms with van der Waals surface area (Å²) in [6.07, 6.45) is 0. The third-order valence-corrected chi connectivity index (χ3v) is 7.33. The summed E-state index contributed by atoms with van der Waals surface area (Å²) in [5.41, 5.74) is 11.3. The number of benzene rings is 2. The van der Waals surface area contributed by atoms with E-state index in [4.69, 9.17) is 22.1 Å². The van der Waals surface area contributed by atoms with E-state index in [0.717, 1.165) is 31.6 Å². The quantitative estimate of drug-likeness (QED) is 0.297. The van der Waals surface area contributed by atoms with E-state index in [1.165, 1.54) is 11.3 Å². The third kappa shape index (κ3) is 3.77. The molecule has 5 rings (SSSR count). The summed E-state index contributed by atoms with van der Waals surface area (Å²) in [7, 11) is 0. The van der Waals surface area contributed by atoms with Crippen LogP contribution in [0.2, 0.25) is 5.02 Å². The fourth-order valence-electron chi connectivity index (χ4n) is 4.29. The van der Waals surface area contributed by atoms with Gasteiger partial charge >= 0.3 is 5.97 Å². The average molecular weight is 500 g/mol. The van der Waals surface area contributed by atoms with Crippen LogP contribution in [-0.2, 0) is 4.74 Å². The fourth-order valence-corrected chi connectivity index (χ4v) is 5.57. The van der Waals surface area contributed by atoms with Crippen LogP contribution in [0.1, 0.15) is 28.4 Å². The van der Waals surface area contributed by atoms with Gasteiger partial charge in [0.2, 0.25) is 5.69 Å². The number of H-pyrrole nitrogens is 1. The zero-order valence-corrected chi connectivity index (χ0v) is 20.6. The zero-order chi connectivity index (χ0) is 24.7. The Balaban J connectivity index is 2.03. The van der Waals surface area contributed by atoms with Crippen LogP contribution in [0, 0.1) is 18.3 Å². The smallest absolute Gasteiger partial charge is 0.345 e. The number of aromatic nitrogens is 2. The van der Waals surface area contributed by atoms with Crippen LogP contribution in [0.5, 0.6) is 0 Å². The maximum absolute atomic E-state index is 13.5. The summed E-state index contributed by atoms with van der Waals surface area (Å²) in [4.78, 5) is 22.4. The van der Waals surface area contributed by atoms with Crippen LogP contribution < -0.4 is 10.7 Å². The van der Waals surface area contributed by atoms with E-state index in [2.05, 4.69) is 16.0 Å². The van der Waals surface area contributed by atoms with Crippen LogP contribution in [0.25, 0.3) is 42.8 Å². The Labute approximate surface area is 210 Å². The van der Waals surface area contributed by atoms with Gasteiger partial charge in [0.25, 0.3) is 4.83 Å². The molecule has 0 aliphatic rings. The first-order valence-electron chi connectivity index (χ1n) is 10.9. The number of rotatable bonds is 4. The fraction of sp³-hybridized carbons (Fsp3) is 0.111. The van der Waals surface area contributed by atoms with Gasteiger partial charge < -0.3 is 10.5 Å². The second kappa shape index (κ2) is 8.99. The molecule has 2 aromatic carbocycles. The lowest BCUT2D eigenvalue weighted by atomic mass is 9.93. The number of pyridine rings is 2. The van der Waals surface area contributed by atoms with Crippen molar-refractivity contribution in [3.63, 3.8) is 0 Å². The standard InChI is InChI=1S/C27H19ClN4O2S/c1-3-34-27(33)21-19(15-9-11-17(28)12-10-15)20-23-24(14(2)18(13-29)25(30)31-23)35-26(20)32-22(21)16-7-5-4-6-8-16/h4-12H,3H2,1-2H3,(H2,30,31)/p+1. The van der Waals surface area contributed by atoms with Gasteiger partial charge in [0.1, 0.15) is 17.5 Å². The third-order valence-electron chi connectivity index (χ3n) is 5.86. The summed E-state index contributed by atoms with van der Waals surface area (Å²) in [5.74, 6) is -0.295. The number of nitrogens with two attached hydrogens (primary N) is 1. The maximum Gasteiger partial charge on any atom is 0.345 e. The minimum absolute atomic E-state index is 0.157. The van der Waals surface area contributed by atoms with Crippen molar-refractivity contribution in [3.05, 3.63) is 76.3 Å². The van der Waals surface area contributed by atoms with Gasteiger partial charge in [0.15, 0.2) is 0 Å². The molecule has 0 amide bonds. The van der Waals surface area contributed by atoms with E-state index in [-0.39, 0.29) is 12.4 Å². The van der Waals surface area contributed by atoms with Gasteiger partial charge in [-0.3, -0.25) is 0 Å². The highest BCUT2D eigenvalue weighted by atomic mass is 35.5. The van der Waals surface area contributed by atoms with Crippen molar-refractivity contribution < 1.29 is 14.5 Å². The Hall–Kier alpha value is -3.99. The molecule has 3 aromatic heterocycles. The average Bonchev–Trinajstić information content (AvgIpc) is 3.23. The number of hydrogen-bond acceptors (Lipinski definition) is 6. The molecule has 3 N–H and O–H groups in total. The van der Waals surface area contributed by atoms with Crippen molar-refractivity contribution in [2.45, 2.75) is 13.8 Å². The molecule has 8 heteroatoms. The summed E-state index contributed by atoms with van der Waals surface area (Å²) in [5, 5.41) is 10.9. The number of ether oxygens (including phenoxy) is 1. The molecule has 0 aliphatic heterocycles. The van der Waals surface area contributed by atoms with E-state index in [9.17, 15) is 10.1 Å². The minimum atomic E-state index is -0.452. The number of nitrogens with zero attached hydrogens (tertiary/aromatic N) is 2. The Kier molecular flexibility index (Phi) is 5.85. The first-order chi connectivity index (χ1) is 16.9. The highest BCUT2D eigenvalue weighted by Crippen LogP contribution is 2.44. The van der Waals surface area contributed by atoms with Gasteiger partial charge in [0.05, 0.1) is 27.8 Å². The van der Waals surface area contributed by atoms with Crippen LogP contribution in [0.15, 0.2) is 54.6 Å². The monoisotopic (exact) mass is 499 g/mol. The lowest BCUT2D eigenvalue weighted by molar-refractivity contribution is -0.328. The first-order valence-corrected chi connectivity index (χ1v) is 12.1. The molecular weight excluding hydrogens is 480 g/mol. The Bertz CT molecular complexity index is 1660. The molecule has 0 saturated carbocycles. The molecular formula is C27H20ClN4O2S+. The Morgan fingerprint density at radius 2 is 1.89 bits per heavy atom. The van der Waals surface area contributed by atoms with Gasteiger partial charge in [0, 0.05) is 16.1 Å². The summed E-state index contributed by atoms with van der Waals surface area (Å²) >= 11 is 7.67. The number of carbonyl (C=O) groups excluding carboxylic acids is 1. The highest BCUT2D eigenvalue weighted by Gasteiger charge is 2.32. The highest BCUT2D eigenvalue weighted by molar-refractivity contribution is 7.25. The summed E-state index contributed by atoms with van der Waals surface area (Å²) in [6, 6.07) is 19.1. The topological polar surface area (TPSA) is 103 Å². The number of hydrogen-bond donors (Lipinski definition) is 1. The van der Waals surface area contributed by atoms with Gasteiger partial charge in [-0.2, -0.15) is 10.2 Å². The SMILES string of the molecule is CCOC(=O)c1c(-c2ccccc2)[nH+]c2sc3c(C)c(C#N)c(N)nc3c2c1-c1ccc(Cl)cc1. The number of thiophene rings is 1. The molecule has 5 aromatic rings. The lowest BCUT2D eigenvalue weighted by Crippen LogP contribution is -2.18. The molecule has 0 fully saturated rings. The second-order valence-corrected chi connectivity index (χ2v) is 9.39. The Morgan fingerprint density at radius 1 is 1.17 bits per heavy atom. The van der Waals surface area contributed by atoms with Crippen molar-refractivity contribution in [1.29, 1.82) is 5.26 Å². The molecule has 172 valence electrons. The van der Waals surface area contributed by atoms with Crippen molar-refractivity contribution >= 4 is 55.2 Å². The molecule has 35 heavy (non-hydrogen) atoms.